The van der Waals surface area contributed by atoms with Crippen LogP contribution in [0.25, 0.3) is 0 Å². The molecule has 0 spiro atoms. The van der Waals surface area contributed by atoms with Crippen LogP contribution in [0.4, 0.5) is 0 Å². The molecule has 1 atom stereocenters. The Morgan fingerprint density at radius 3 is 2.42 bits per heavy atom. The molecule has 0 bridgehead atoms. The number of imide groups is 1. The number of carbonyl (C=O) groups excluding carboxylic acids is 3. The Morgan fingerprint density at radius 1 is 1.08 bits per heavy atom. The summed E-state index contributed by atoms with van der Waals surface area (Å²) < 4.78 is 0. The fraction of sp³-hybridized carbons (Fsp3) is 0.500. The molecule has 5 nitrogen and oxygen atoms in total. The molecular formula is C18H21ClN2O3. The van der Waals surface area contributed by atoms with Gasteiger partial charge in [0.1, 0.15) is 6.54 Å². The van der Waals surface area contributed by atoms with Crippen molar-refractivity contribution in [3.05, 3.63) is 34.9 Å². The van der Waals surface area contributed by atoms with Crippen molar-refractivity contribution in [3.8, 4) is 0 Å². The van der Waals surface area contributed by atoms with Crippen molar-refractivity contribution in [2.45, 2.75) is 38.0 Å². The molecule has 2 heterocycles. The van der Waals surface area contributed by atoms with Crippen molar-refractivity contribution in [2.24, 2.45) is 0 Å². The maximum absolute atomic E-state index is 12.6. The highest BCUT2D eigenvalue weighted by Gasteiger charge is 2.32. The first-order valence-electron chi connectivity index (χ1n) is 8.41. The van der Waals surface area contributed by atoms with E-state index in [1.165, 1.54) is 5.56 Å². The van der Waals surface area contributed by atoms with Gasteiger partial charge in [0.05, 0.1) is 0 Å². The highest BCUT2D eigenvalue weighted by Crippen LogP contribution is 2.27. The lowest BCUT2D eigenvalue weighted by atomic mass is 9.94. The van der Waals surface area contributed by atoms with E-state index in [1.54, 1.807) is 4.90 Å². The Hall–Kier alpha value is -1.88. The van der Waals surface area contributed by atoms with Gasteiger partial charge in [-0.3, -0.25) is 19.3 Å². The van der Waals surface area contributed by atoms with Gasteiger partial charge in [-0.15, -0.1) is 0 Å². The maximum atomic E-state index is 12.6. The molecule has 2 saturated heterocycles. The number of likely N-dealkylation sites (tertiary alicyclic amines) is 2. The molecule has 0 radical (unpaired) electrons. The lowest BCUT2D eigenvalue weighted by Crippen LogP contribution is -2.43. The molecule has 2 aliphatic rings. The lowest BCUT2D eigenvalue weighted by Gasteiger charge is -2.26. The molecule has 0 aromatic heterocycles. The number of carbonyl (C=O) groups is 3. The van der Waals surface area contributed by atoms with E-state index in [9.17, 15) is 14.4 Å². The summed E-state index contributed by atoms with van der Waals surface area (Å²) >= 11 is 5.95. The van der Waals surface area contributed by atoms with Crippen LogP contribution in [0.2, 0.25) is 5.02 Å². The van der Waals surface area contributed by atoms with Gasteiger partial charge in [0, 0.05) is 36.9 Å². The zero-order valence-corrected chi connectivity index (χ0v) is 14.3. The number of hydrogen-bond acceptors (Lipinski definition) is 3. The van der Waals surface area contributed by atoms with Crippen LogP contribution in [0.1, 0.15) is 43.6 Å². The van der Waals surface area contributed by atoms with Gasteiger partial charge in [-0.05, 0) is 30.5 Å². The summed E-state index contributed by atoms with van der Waals surface area (Å²) in [5.74, 6) is -0.354. The van der Waals surface area contributed by atoms with Crippen LogP contribution in [0, 0.1) is 0 Å². The van der Waals surface area contributed by atoms with E-state index in [2.05, 4.69) is 0 Å². The smallest absolute Gasteiger partial charge is 0.242 e. The lowest BCUT2D eigenvalue weighted by molar-refractivity contribution is -0.145. The molecular weight excluding hydrogens is 328 g/mol. The van der Waals surface area contributed by atoms with Gasteiger partial charge < -0.3 is 4.90 Å². The SMILES string of the molecule is O=C(CN1C(=O)CCC1=O)N1CCCCC(c2ccc(Cl)cc2)C1. The quantitative estimate of drug-likeness (QED) is 0.789. The predicted octanol–water partition coefficient (Wildman–Crippen LogP) is 2.59. The molecule has 1 aromatic carbocycles. The second-order valence-corrected chi connectivity index (χ2v) is 6.89. The average molecular weight is 349 g/mol. The van der Waals surface area contributed by atoms with Gasteiger partial charge in [-0.2, -0.15) is 0 Å². The highest BCUT2D eigenvalue weighted by molar-refractivity contribution is 6.30. The Morgan fingerprint density at radius 2 is 1.75 bits per heavy atom. The van der Waals surface area contributed by atoms with Crippen LogP contribution in [-0.2, 0) is 14.4 Å². The minimum atomic E-state index is -0.238. The third-order valence-corrected chi connectivity index (χ3v) is 5.07. The Labute approximate surface area is 146 Å². The molecule has 0 saturated carbocycles. The number of hydrogen-bond donors (Lipinski definition) is 0. The monoisotopic (exact) mass is 348 g/mol. The summed E-state index contributed by atoms with van der Waals surface area (Å²) in [5.41, 5.74) is 1.17. The summed E-state index contributed by atoms with van der Waals surface area (Å²) in [5, 5.41) is 0.700. The van der Waals surface area contributed by atoms with Crippen molar-refractivity contribution in [1.29, 1.82) is 0 Å². The van der Waals surface area contributed by atoms with Crippen molar-refractivity contribution < 1.29 is 14.4 Å². The van der Waals surface area contributed by atoms with Crippen LogP contribution in [0.15, 0.2) is 24.3 Å². The van der Waals surface area contributed by atoms with Gasteiger partial charge in [-0.25, -0.2) is 0 Å². The number of halogens is 1. The van der Waals surface area contributed by atoms with Crippen molar-refractivity contribution in [3.63, 3.8) is 0 Å². The van der Waals surface area contributed by atoms with E-state index in [-0.39, 0.29) is 43.0 Å². The molecule has 24 heavy (non-hydrogen) atoms. The molecule has 2 aliphatic heterocycles. The van der Waals surface area contributed by atoms with Crippen LogP contribution < -0.4 is 0 Å². The van der Waals surface area contributed by atoms with Crippen LogP contribution >= 0.6 is 11.6 Å². The van der Waals surface area contributed by atoms with Crippen LogP contribution in [0.5, 0.6) is 0 Å². The second kappa shape index (κ2) is 7.34. The van der Waals surface area contributed by atoms with E-state index in [0.717, 1.165) is 24.2 Å². The van der Waals surface area contributed by atoms with E-state index in [0.29, 0.717) is 18.1 Å². The van der Waals surface area contributed by atoms with E-state index in [4.69, 9.17) is 11.6 Å². The normalized spacial score (nSPS) is 22.0. The second-order valence-electron chi connectivity index (χ2n) is 6.46. The van der Waals surface area contributed by atoms with Crippen molar-refractivity contribution in [2.75, 3.05) is 19.6 Å². The first-order chi connectivity index (χ1) is 11.5. The van der Waals surface area contributed by atoms with Crippen LogP contribution in [0.3, 0.4) is 0 Å². The summed E-state index contributed by atoms with van der Waals surface area (Å²) in [4.78, 5) is 38.9. The van der Waals surface area contributed by atoms with Crippen LogP contribution in [-0.4, -0.2) is 47.2 Å². The number of rotatable bonds is 3. The molecule has 1 unspecified atom stereocenters. The zero-order chi connectivity index (χ0) is 17.1. The zero-order valence-electron chi connectivity index (χ0n) is 13.5. The van der Waals surface area contributed by atoms with Gasteiger partial charge >= 0.3 is 0 Å². The number of benzene rings is 1. The molecule has 6 heteroatoms. The van der Waals surface area contributed by atoms with E-state index < -0.39 is 0 Å². The fourth-order valence-electron chi connectivity index (χ4n) is 3.41. The Bertz CT molecular complexity index is 628. The molecule has 1 aromatic rings. The summed E-state index contributed by atoms with van der Waals surface area (Å²) in [6.45, 7) is 1.18. The molecule has 3 rings (SSSR count). The third-order valence-electron chi connectivity index (χ3n) is 4.81. The summed E-state index contributed by atoms with van der Waals surface area (Å²) in [6.07, 6.45) is 3.46. The average Bonchev–Trinajstić information content (AvgIpc) is 2.79. The van der Waals surface area contributed by atoms with Crippen molar-refractivity contribution >= 4 is 29.3 Å². The molecule has 0 aliphatic carbocycles. The van der Waals surface area contributed by atoms with Gasteiger partial charge in [0.25, 0.3) is 0 Å². The Kier molecular flexibility index (Phi) is 5.19. The Balaban J connectivity index is 1.68. The van der Waals surface area contributed by atoms with Crippen molar-refractivity contribution in [1.82, 2.24) is 9.80 Å². The van der Waals surface area contributed by atoms with Gasteiger partial charge in [0.2, 0.25) is 17.7 Å². The topological polar surface area (TPSA) is 57.7 Å². The number of amides is 3. The van der Waals surface area contributed by atoms with E-state index in [1.807, 2.05) is 24.3 Å². The van der Waals surface area contributed by atoms with Gasteiger partial charge in [0.15, 0.2) is 0 Å². The molecule has 2 fully saturated rings. The largest absolute Gasteiger partial charge is 0.341 e. The minimum Gasteiger partial charge on any atom is -0.341 e. The molecule has 3 amide bonds. The van der Waals surface area contributed by atoms with E-state index >= 15 is 0 Å². The molecule has 0 N–H and O–H groups in total. The van der Waals surface area contributed by atoms with Gasteiger partial charge in [-0.1, -0.05) is 30.2 Å². The fourth-order valence-corrected chi connectivity index (χ4v) is 3.54. The standard InChI is InChI=1S/C18H21ClN2O3/c19-15-6-4-13(5-7-15)14-3-1-2-10-20(11-14)18(24)12-21-16(22)8-9-17(21)23/h4-7,14H,1-3,8-12H2. The summed E-state index contributed by atoms with van der Waals surface area (Å²) in [6, 6.07) is 7.76. The predicted molar refractivity (Wildman–Crippen MR) is 90.6 cm³/mol. The summed E-state index contributed by atoms with van der Waals surface area (Å²) in [7, 11) is 0. The molecule has 128 valence electrons. The first-order valence-corrected chi connectivity index (χ1v) is 8.79. The highest BCUT2D eigenvalue weighted by atomic mass is 35.5. The number of nitrogens with zero attached hydrogens (tertiary/aromatic N) is 2. The first kappa shape index (κ1) is 17.0. The minimum absolute atomic E-state index is 0.120. The maximum Gasteiger partial charge on any atom is 0.242 e. The third kappa shape index (κ3) is 3.78.